The third-order valence-corrected chi connectivity index (χ3v) is 4.02. The van der Waals surface area contributed by atoms with Crippen LogP contribution in [0.4, 0.5) is 0 Å². The summed E-state index contributed by atoms with van der Waals surface area (Å²) < 4.78 is 10.9. The van der Waals surface area contributed by atoms with Crippen LogP contribution >= 0.6 is 0 Å². The zero-order valence-corrected chi connectivity index (χ0v) is 11.5. The van der Waals surface area contributed by atoms with Gasteiger partial charge in [-0.15, -0.1) is 0 Å². The van der Waals surface area contributed by atoms with E-state index in [2.05, 4.69) is 6.58 Å². The summed E-state index contributed by atoms with van der Waals surface area (Å²) in [6, 6.07) is 0. The molecule has 19 heavy (non-hydrogen) atoms. The second kappa shape index (κ2) is 5.19. The molecule has 0 amide bonds. The van der Waals surface area contributed by atoms with E-state index in [1.165, 1.54) is 0 Å². The predicted molar refractivity (Wildman–Crippen MR) is 70.3 cm³/mol. The van der Waals surface area contributed by atoms with Gasteiger partial charge in [-0.05, 0) is 33.1 Å². The Kier molecular flexibility index (Phi) is 3.78. The first kappa shape index (κ1) is 13.8. The van der Waals surface area contributed by atoms with Gasteiger partial charge in [0.2, 0.25) is 0 Å². The van der Waals surface area contributed by atoms with E-state index < -0.39 is 5.41 Å². The Bertz CT molecular complexity index is 449. The minimum atomic E-state index is -0.640. The number of hydrogen-bond acceptors (Lipinski definition) is 4. The minimum absolute atomic E-state index is 0.0633. The summed E-state index contributed by atoms with van der Waals surface area (Å²) in [6.07, 6.45) is 4.26. The number of allylic oxidation sites excluding steroid dienone is 1. The molecule has 0 saturated carbocycles. The summed E-state index contributed by atoms with van der Waals surface area (Å²) >= 11 is 0. The molecule has 4 heteroatoms. The fourth-order valence-electron chi connectivity index (χ4n) is 3.02. The first-order chi connectivity index (χ1) is 9.05. The maximum atomic E-state index is 12.1. The monoisotopic (exact) mass is 264 g/mol. The molecular formula is C15H20O4. The third-order valence-electron chi connectivity index (χ3n) is 4.02. The predicted octanol–water partition coefficient (Wildman–Crippen LogP) is 2.54. The van der Waals surface area contributed by atoms with Gasteiger partial charge in [0.05, 0.1) is 17.6 Å². The van der Waals surface area contributed by atoms with Gasteiger partial charge in [0, 0.05) is 6.42 Å². The van der Waals surface area contributed by atoms with E-state index in [0.29, 0.717) is 30.8 Å². The number of carbonyl (C=O) groups excluding carboxylic acids is 2. The fourth-order valence-corrected chi connectivity index (χ4v) is 3.02. The topological polar surface area (TPSA) is 52.6 Å². The van der Waals surface area contributed by atoms with Gasteiger partial charge < -0.3 is 9.47 Å². The van der Waals surface area contributed by atoms with Crippen LogP contribution < -0.4 is 0 Å². The zero-order chi connectivity index (χ0) is 14.0. The number of carbonyl (C=O) groups is 2. The quantitative estimate of drug-likeness (QED) is 0.578. The number of hydrogen-bond donors (Lipinski definition) is 0. The van der Waals surface area contributed by atoms with E-state index >= 15 is 0 Å². The lowest BCUT2D eigenvalue weighted by Crippen LogP contribution is -2.33. The third kappa shape index (κ3) is 2.20. The number of fused-ring (bicyclic) bond motifs is 1. The Morgan fingerprint density at radius 3 is 2.89 bits per heavy atom. The van der Waals surface area contributed by atoms with Crippen LogP contribution in [0.5, 0.6) is 0 Å². The van der Waals surface area contributed by atoms with Crippen molar-refractivity contribution in [3.63, 3.8) is 0 Å². The Morgan fingerprint density at radius 1 is 1.58 bits per heavy atom. The van der Waals surface area contributed by atoms with Gasteiger partial charge >= 0.3 is 5.97 Å². The molecule has 0 radical (unpaired) electrons. The molecule has 0 aromatic rings. The summed E-state index contributed by atoms with van der Waals surface area (Å²) in [5, 5.41) is 0. The van der Waals surface area contributed by atoms with Crippen LogP contribution in [0.1, 0.15) is 39.5 Å². The van der Waals surface area contributed by atoms with Gasteiger partial charge in [-0.3, -0.25) is 4.79 Å². The molecule has 2 rings (SSSR count). The second-order valence-corrected chi connectivity index (χ2v) is 5.12. The number of ether oxygens (including phenoxy) is 2. The fraction of sp³-hybridized carbons (Fsp3) is 0.600. The molecular weight excluding hydrogens is 244 g/mol. The maximum Gasteiger partial charge on any atom is 0.337 e. The highest BCUT2D eigenvalue weighted by molar-refractivity contribution is 5.94. The van der Waals surface area contributed by atoms with E-state index in [9.17, 15) is 9.59 Å². The normalized spacial score (nSPS) is 29.5. The molecule has 1 aliphatic carbocycles. The van der Waals surface area contributed by atoms with Crippen molar-refractivity contribution >= 4 is 11.8 Å². The molecule has 0 aromatic carbocycles. The van der Waals surface area contributed by atoms with Crippen LogP contribution in [0.3, 0.4) is 0 Å². The summed E-state index contributed by atoms with van der Waals surface area (Å²) in [6.45, 7) is 7.39. The average Bonchev–Trinajstić information content (AvgIpc) is 2.78. The Hall–Kier alpha value is -1.58. The number of esters is 1. The summed E-state index contributed by atoms with van der Waals surface area (Å²) in [4.78, 5) is 24.1. The van der Waals surface area contributed by atoms with Crippen molar-refractivity contribution in [2.75, 3.05) is 6.61 Å². The largest absolute Gasteiger partial charge is 0.489 e. The van der Waals surface area contributed by atoms with Gasteiger partial charge in [0.15, 0.2) is 0 Å². The lowest BCUT2D eigenvalue weighted by atomic mass is 9.70. The molecule has 4 nitrogen and oxygen atoms in total. The van der Waals surface area contributed by atoms with Crippen LogP contribution in [-0.2, 0) is 19.1 Å². The van der Waals surface area contributed by atoms with E-state index in [1.807, 2.05) is 0 Å². The molecule has 1 fully saturated rings. The van der Waals surface area contributed by atoms with Gasteiger partial charge in [-0.2, -0.15) is 0 Å². The van der Waals surface area contributed by atoms with Crippen LogP contribution in [0.2, 0.25) is 0 Å². The molecule has 0 aromatic heterocycles. The van der Waals surface area contributed by atoms with Crippen molar-refractivity contribution in [3.8, 4) is 0 Å². The molecule has 0 spiro atoms. The summed E-state index contributed by atoms with van der Waals surface area (Å²) in [5.74, 6) is 0.246. The maximum absolute atomic E-state index is 12.1. The molecule has 1 saturated heterocycles. The highest BCUT2D eigenvalue weighted by Crippen LogP contribution is 2.51. The molecule has 2 aliphatic rings. The van der Waals surface area contributed by atoms with Crippen LogP contribution in [-0.4, -0.2) is 24.5 Å². The molecule has 1 heterocycles. The Morgan fingerprint density at radius 2 is 2.32 bits per heavy atom. The summed E-state index contributed by atoms with van der Waals surface area (Å²) in [5.41, 5.74) is -0.105. The Labute approximate surface area is 113 Å². The number of Topliss-reactive ketones (excluding diaryl/α,β-unsaturated/α-hetero) is 1. The van der Waals surface area contributed by atoms with Crippen molar-refractivity contribution in [2.24, 2.45) is 5.41 Å². The number of rotatable bonds is 4. The van der Waals surface area contributed by atoms with E-state index in [1.54, 1.807) is 19.9 Å². The highest BCUT2D eigenvalue weighted by atomic mass is 16.5. The van der Waals surface area contributed by atoms with E-state index in [4.69, 9.17) is 9.47 Å². The smallest absolute Gasteiger partial charge is 0.337 e. The molecule has 1 aliphatic heterocycles. The first-order valence-corrected chi connectivity index (χ1v) is 6.76. The molecule has 104 valence electrons. The van der Waals surface area contributed by atoms with Crippen molar-refractivity contribution in [2.45, 2.75) is 45.6 Å². The van der Waals surface area contributed by atoms with Crippen LogP contribution in [0.25, 0.3) is 0 Å². The van der Waals surface area contributed by atoms with Crippen LogP contribution in [0, 0.1) is 5.41 Å². The lowest BCUT2D eigenvalue weighted by molar-refractivity contribution is -0.139. The van der Waals surface area contributed by atoms with Crippen molar-refractivity contribution < 1.29 is 19.1 Å². The van der Waals surface area contributed by atoms with Crippen molar-refractivity contribution in [1.29, 1.82) is 0 Å². The van der Waals surface area contributed by atoms with Gasteiger partial charge in [-0.1, -0.05) is 12.7 Å². The van der Waals surface area contributed by atoms with E-state index in [0.717, 1.165) is 12.8 Å². The Balaban J connectivity index is 2.45. The molecule has 0 bridgehead atoms. The summed E-state index contributed by atoms with van der Waals surface area (Å²) in [7, 11) is 0. The highest BCUT2D eigenvalue weighted by Gasteiger charge is 2.52. The zero-order valence-electron chi connectivity index (χ0n) is 11.5. The molecule has 0 N–H and O–H groups in total. The van der Waals surface area contributed by atoms with Crippen LogP contribution in [0.15, 0.2) is 24.0 Å². The second-order valence-electron chi connectivity index (χ2n) is 5.12. The van der Waals surface area contributed by atoms with Gasteiger partial charge in [0.1, 0.15) is 17.6 Å². The molecule has 2 atom stereocenters. The van der Waals surface area contributed by atoms with Gasteiger partial charge in [0.25, 0.3) is 0 Å². The first-order valence-electron chi connectivity index (χ1n) is 6.76. The van der Waals surface area contributed by atoms with E-state index in [-0.39, 0.29) is 17.9 Å². The van der Waals surface area contributed by atoms with Crippen molar-refractivity contribution in [1.82, 2.24) is 0 Å². The average molecular weight is 264 g/mol. The minimum Gasteiger partial charge on any atom is -0.489 e. The van der Waals surface area contributed by atoms with Crippen molar-refractivity contribution in [3.05, 3.63) is 24.0 Å². The standard InChI is InChI=1S/C15H20O4/c1-4-11-9-15(10(3)16)8-6-7-12(13(15)19-11)14(17)18-5-2/h4,11H,1,5-9H2,2-3H3/t11-,15+/m0/s1. The SMILES string of the molecule is C=C[C@H]1C[C@@]2(C(C)=O)CCCC(C(=O)OCC)=C2O1. The number of ketones is 1. The lowest BCUT2D eigenvalue weighted by Gasteiger charge is -2.30. The molecule has 0 unspecified atom stereocenters. The van der Waals surface area contributed by atoms with Gasteiger partial charge in [-0.25, -0.2) is 4.79 Å².